The molecule has 1 N–H and O–H groups in total. The number of aromatic nitrogens is 1. The van der Waals surface area contributed by atoms with Crippen molar-refractivity contribution in [2.45, 2.75) is 32.9 Å². The first-order valence-corrected chi connectivity index (χ1v) is 5.85. The van der Waals surface area contributed by atoms with E-state index in [1.807, 2.05) is 45.8 Å². The van der Waals surface area contributed by atoms with E-state index in [-0.39, 0.29) is 0 Å². The van der Waals surface area contributed by atoms with E-state index >= 15 is 0 Å². The Morgan fingerprint density at radius 3 is 2.67 bits per heavy atom. The molecule has 1 amide bonds. The van der Waals surface area contributed by atoms with Crippen molar-refractivity contribution in [3.05, 3.63) is 24.0 Å². The monoisotopic (exact) mass is 251 g/mol. The second-order valence-electron chi connectivity index (χ2n) is 5.40. The third-order valence-corrected chi connectivity index (χ3v) is 2.03. The average Bonchev–Trinajstić information content (AvgIpc) is 2.17. The molecule has 0 bridgehead atoms. The van der Waals surface area contributed by atoms with Crippen molar-refractivity contribution in [2.24, 2.45) is 0 Å². The summed E-state index contributed by atoms with van der Waals surface area (Å²) < 4.78 is 5.21. The SMILES string of the molecule is CN(C)Cc1ccncc1NC(=O)OC(C)(C)C. The summed E-state index contributed by atoms with van der Waals surface area (Å²) in [5.41, 5.74) is 1.18. The van der Waals surface area contributed by atoms with E-state index in [9.17, 15) is 4.79 Å². The van der Waals surface area contributed by atoms with Crippen molar-refractivity contribution in [1.82, 2.24) is 9.88 Å². The maximum atomic E-state index is 11.7. The van der Waals surface area contributed by atoms with E-state index in [2.05, 4.69) is 10.3 Å². The standard InChI is InChI=1S/C13H21N3O2/c1-13(2,3)18-12(17)15-11-8-14-7-6-10(11)9-16(4)5/h6-8H,9H2,1-5H3,(H,15,17). The Morgan fingerprint density at radius 1 is 1.44 bits per heavy atom. The molecule has 5 heteroatoms. The van der Waals surface area contributed by atoms with E-state index < -0.39 is 11.7 Å². The number of carbonyl (C=O) groups excluding carboxylic acids is 1. The van der Waals surface area contributed by atoms with Gasteiger partial charge in [0.2, 0.25) is 0 Å². The minimum Gasteiger partial charge on any atom is -0.444 e. The van der Waals surface area contributed by atoms with Crippen LogP contribution in [-0.4, -0.2) is 35.7 Å². The first-order chi connectivity index (χ1) is 8.28. The van der Waals surface area contributed by atoms with Crippen LogP contribution in [0.3, 0.4) is 0 Å². The lowest BCUT2D eigenvalue weighted by Gasteiger charge is -2.20. The van der Waals surface area contributed by atoms with E-state index in [0.29, 0.717) is 5.69 Å². The summed E-state index contributed by atoms with van der Waals surface area (Å²) >= 11 is 0. The summed E-state index contributed by atoms with van der Waals surface area (Å²) in [4.78, 5) is 17.7. The van der Waals surface area contributed by atoms with E-state index in [0.717, 1.165) is 12.1 Å². The van der Waals surface area contributed by atoms with Gasteiger partial charge in [0.15, 0.2) is 0 Å². The highest BCUT2D eigenvalue weighted by molar-refractivity contribution is 5.85. The number of anilines is 1. The van der Waals surface area contributed by atoms with Gasteiger partial charge in [-0.1, -0.05) is 0 Å². The Kier molecular flexibility index (Phi) is 4.67. The molecule has 18 heavy (non-hydrogen) atoms. The molecule has 1 aromatic heterocycles. The van der Waals surface area contributed by atoms with E-state index in [4.69, 9.17) is 4.74 Å². The first-order valence-electron chi connectivity index (χ1n) is 5.85. The molecule has 0 aromatic carbocycles. The molecule has 0 aliphatic carbocycles. The van der Waals surface area contributed by atoms with Gasteiger partial charge in [0.1, 0.15) is 5.60 Å². The van der Waals surface area contributed by atoms with Gasteiger partial charge in [0, 0.05) is 12.7 Å². The zero-order chi connectivity index (χ0) is 13.8. The summed E-state index contributed by atoms with van der Waals surface area (Å²) in [5.74, 6) is 0. The van der Waals surface area contributed by atoms with Crippen LogP contribution in [-0.2, 0) is 11.3 Å². The minimum atomic E-state index is -0.506. The summed E-state index contributed by atoms with van der Waals surface area (Å²) in [7, 11) is 3.94. The van der Waals surface area contributed by atoms with Crippen LogP contribution in [0.4, 0.5) is 10.5 Å². The van der Waals surface area contributed by atoms with Crippen molar-refractivity contribution in [2.75, 3.05) is 19.4 Å². The lowest BCUT2D eigenvalue weighted by atomic mass is 10.2. The van der Waals surface area contributed by atoms with Crippen molar-refractivity contribution >= 4 is 11.8 Å². The van der Waals surface area contributed by atoms with Crippen LogP contribution in [0, 0.1) is 0 Å². The van der Waals surface area contributed by atoms with Gasteiger partial charge in [-0.25, -0.2) is 4.79 Å². The molecule has 5 nitrogen and oxygen atoms in total. The van der Waals surface area contributed by atoms with Crippen LogP contribution in [0.2, 0.25) is 0 Å². The summed E-state index contributed by atoms with van der Waals surface area (Å²) in [5, 5.41) is 2.72. The molecular weight excluding hydrogens is 230 g/mol. The topological polar surface area (TPSA) is 54.5 Å². The molecule has 0 unspecified atom stereocenters. The second kappa shape index (κ2) is 5.82. The minimum absolute atomic E-state index is 0.462. The molecule has 1 rings (SSSR count). The van der Waals surface area contributed by atoms with Gasteiger partial charge >= 0.3 is 6.09 Å². The third-order valence-electron chi connectivity index (χ3n) is 2.03. The van der Waals surface area contributed by atoms with Gasteiger partial charge < -0.3 is 9.64 Å². The maximum absolute atomic E-state index is 11.7. The summed E-state index contributed by atoms with van der Waals surface area (Å²) in [6.07, 6.45) is 2.87. The first kappa shape index (κ1) is 14.4. The number of carbonyl (C=O) groups is 1. The molecule has 100 valence electrons. The van der Waals surface area contributed by atoms with Gasteiger partial charge in [-0.3, -0.25) is 10.3 Å². The molecule has 1 heterocycles. The third kappa shape index (κ3) is 5.14. The number of nitrogens with zero attached hydrogens (tertiary/aromatic N) is 2. The van der Waals surface area contributed by atoms with Gasteiger partial charge in [-0.05, 0) is 46.5 Å². The largest absolute Gasteiger partial charge is 0.444 e. The lowest BCUT2D eigenvalue weighted by molar-refractivity contribution is 0.0635. The smallest absolute Gasteiger partial charge is 0.412 e. The molecule has 0 aliphatic rings. The highest BCUT2D eigenvalue weighted by Gasteiger charge is 2.17. The van der Waals surface area contributed by atoms with Gasteiger partial charge in [-0.15, -0.1) is 0 Å². The fraction of sp³-hybridized carbons (Fsp3) is 0.538. The Morgan fingerprint density at radius 2 is 2.11 bits per heavy atom. The van der Waals surface area contributed by atoms with Crippen LogP contribution in [0.1, 0.15) is 26.3 Å². The Labute approximate surface area is 108 Å². The average molecular weight is 251 g/mol. The normalized spacial score (nSPS) is 11.4. The fourth-order valence-electron chi connectivity index (χ4n) is 1.43. The summed E-state index contributed by atoms with van der Waals surface area (Å²) in [6, 6.07) is 1.88. The number of pyridine rings is 1. The molecule has 0 radical (unpaired) electrons. The van der Waals surface area contributed by atoms with Crippen LogP contribution in [0.25, 0.3) is 0 Å². The molecule has 0 aliphatic heterocycles. The van der Waals surface area contributed by atoms with Crippen molar-refractivity contribution in [1.29, 1.82) is 0 Å². The molecule has 0 saturated carbocycles. The Balaban J connectivity index is 2.75. The maximum Gasteiger partial charge on any atom is 0.412 e. The Bertz CT molecular complexity index is 411. The van der Waals surface area contributed by atoms with Gasteiger partial charge in [-0.2, -0.15) is 0 Å². The van der Waals surface area contributed by atoms with Crippen LogP contribution >= 0.6 is 0 Å². The zero-order valence-corrected chi connectivity index (χ0v) is 11.7. The van der Waals surface area contributed by atoms with Crippen molar-refractivity contribution in [3.63, 3.8) is 0 Å². The fourth-order valence-corrected chi connectivity index (χ4v) is 1.43. The van der Waals surface area contributed by atoms with Crippen LogP contribution in [0.15, 0.2) is 18.5 Å². The number of hydrogen-bond donors (Lipinski definition) is 1. The Hall–Kier alpha value is -1.62. The highest BCUT2D eigenvalue weighted by atomic mass is 16.6. The van der Waals surface area contributed by atoms with Crippen LogP contribution < -0.4 is 5.32 Å². The second-order valence-corrected chi connectivity index (χ2v) is 5.40. The zero-order valence-electron chi connectivity index (χ0n) is 11.7. The molecule has 0 fully saturated rings. The van der Waals surface area contributed by atoms with E-state index in [1.165, 1.54) is 0 Å². The van der Waals surface area contributed by atoms with E-state index in [1.54, 1.807) is 12.4 Å². The van der Waals surface area contributed by atoms with Crippen molar-refractivity contribution < 1.29 is 9.53 Å². The predicted octanol–water partition coefficient (Wildman–Crippen LogP) is 2.49. The molecule has 1 aromatic rings. The molecule has 0 atom stereocenters. The molecule has 0 saturated heterocycles. The lowest BCUT2D eigenvalue weighted by Crippen LogP contribution is -2.27. The molecular formula is C13H21N3O2. The number of hydrogen-bond acceptors (Lipinski definition) is 4. The summed E-state index contributed by atoms with van der Waals surface area (Å²) in [6.45, 7) is 6.22. The van der Waals surface area contributed by atoms with Crippen molar-refractivity contribution in [3.8, 4) is 0 Å². The predicted molar refractivity (Wildman–Crippen MR) is 71.5 cm³/mol. The van der Waals surface area contributed by atoms with Crippen LogP contribution in [0.5, 0.6) is 0 Å². The quantitative estimate of drug-likeness (QED) is 0.896. The highest BCUT2D eigenvalue weighted by Crippen LogP contribution is 2.16. The molecule has 0 spiro atoms. The number of amides is 1. The number of rotatable bonds is 3. The number of nitrogens with one attached hydrogen (secondary N) is 1. The number of ether oxygens (including phenoxy) is 1. The van der Waals surface area contributed by atoms with Gasteiger partial charge in [0.25, 0.3) is 0 Å². The van der Waals surface area contributed by atoms with Gasteiger partial charge in [0.05, 0.1) is 11.9 Å².